The normalized spacial score (nSPS) is 16.0. The summed E-state index contributed by atoms with van der Waals surface area (Å²) in [5, 5.41) is 6.70. The highest BCUT2D eigenvalue weighted by molar-refractivity contribution is 14.0. The molecule has 1 aliphatic rings. The SMILES string of the molecule is Cc1nc(CN=C(NCCCOCC2CCCO2)Nc2ccc(OC(C)C)cc2)oc1C.I. The fourth-order valence-electron chi connectivity index (χ4n) is 3.29. The Morgan fingerprint density at radius 1 is 1.24 bits per heavy atom. The van der Waals surface area contributed by atoms with Gasteiger partial charge in [-0.25, -0.2) is 9.98 Å². The topological polar surface area (TPSA) is 90.1 Å². The number of rotatable bonds is 11. The van der Waals surface area contributed by atoms with Gasteiger partial charge < -0.3 is 29.3 Å². The van der Waals surface area contributed by atoms with Crippen molar-refractivity contribution in [3.8, 4) is 5.75 Å². The number of aryl methyl sites for hydroxylation is 2. The van der Waals surface area contributed by atoms with Gasteiger partial charge in [-0.05, 0) is 71.2 Å². The van der Waals surface area contributed by atoms with Crippen LogP contribution in [0, 0.1) is 13.8 Å². The molecule has 9 heteroatoms. The van der Waals surface area contributed by atoms with Gasteiger partial charge in [0.05, 0.1) is 24.5 Å². The van der Waals surface area contributed by atoms with Gasteiger partial charge in [-0.2, -0.15) is 0 Å². The van der Waals surface area contributed by atoms with Crippen molar-refractivity contribution < 1.29 is 18.6 Å². The van der Waals surface area contributed by atoms with Crippen LogP contribution in [0.1, 0.15) is 50.5 Å². The summed E-state index contributed by atoms with van der Waals surface area (Å²) in [6.45, 7) is 11.2. The van der Waals surface area contributed by atoms with Gasteiger partial charge in [0, 0.05) is 25.4 Å². The standard InChI is InChI=1S/C24H36N4O4.HI/c1-17(2)31-21-10-8-20(9-11-21)28-24(26-15-23-27-18(3)19(4)32-23)25-12-6-13-29-16-22-7-5-14-30-22;/h8-11,17,22H,5-7,12-16H2,1-4H3,(H2,25,26,28);1H. The average Bonchev–Trinajstić information content (AvgIpc) is 3.39. The van der Waals surface area contributed by atoms with Gasteiger partial charge >= 0.3 is 0 Å². The van der Waals surface area contributed by atoms with E-state index in [0.29, 0.717) is 31.6 Å². The molecule has 0 bridgehead atoms. The maximum absolute atomic E-state index is 5.74. The molecule has 0 saturated carbocycles. The number of hydrogen-bond acceptors (Lipinski definition) is 6. The maximum Gasteiger partial charge on any atom is 0.216 e. The predicted molar refractivity (Wildman–Crippen MR) is 141 cm³/mol. The molecular weight excluding hydrogens is 535 g/mol. The van der Waals surface area contributed by atoms with Gasteiger partial charge in [-0.1, -0.05) is 0 Å². The first-order valence-corrected chi connectivity index (χ1v) is 11.4. The molecule has 33 heavy (non-hydrogen) atoms. The molecule has 1 aromatic carbocycles. The van der Waals surface area contributed by atoms with Crippen molar-refractivity contribution >= 4 is 35.6 Å². The molecule has 1 unspecified atom stereocenters. The van der Waals surface area contributed by atoms with E-state index in [1.165, 1.54) is 0 Å². The van der Waals surface area contributed by atoms with E-state index in [2.05, 4.69) is 20.6 Å². The predicted octanol–water partition coefficient (Wildman–Crippen LogP) is 4.84. The van der Waals surface area contributed by atoms with E-state index < -0.39 is 0 Å². The number of guanidine groups is 1. The molecule has 0 amide bonds. The van der Waals surface area contributed by atoms with Crippen LogP contribution < -0.4 is 15.4 Å². The lowest BCUT2D eigenvalue weighted by atomic mass is 10.2. The first kappa shape index (κ1) is 27.4. The van der Waals surface area contributed by atoms with Gasteiger partial charge in [-0.3, -0.25) is 0 Å². The van der Waals surface area contributed by atoms with Crippen LogP contribution in [-0.4, -0.2) is 49.5 Å². The Morgan fingerprint density at radius 2 is 2.03 bits per heavy atom. The Labute approximate surface area is 213 Å². The van der Waals surface area contributed by atoms with E-state index in [4.69, 9.17) is 18.6 Å². The molecule has 0 spiro atoms. The van der Waals surface area contributed by atoms with E-state index in [1.54, 1.807) is 0 Å². The second kappa shape index (κ2) is 14.4. The molecule has 2 aromatic rings. The quantitative estimate of drug-likeness (QED) is 0.172. The molecule has 2 heterocycles. The van der Waals surface area contributed by atoms with Crippen LogP contribution in [0.4, 0.5) is 5.69 Å². The molecule has 1 fully saturated rings. The summed E-state index contributed by atoms with van der Waals surface area (Å²) in [4.78, 5) is 9.05. The van der Waals surface area contributed by atoms with Gasteiger partial charge in [0.2, 0.25) is 5.89 Å². The van der Waals surface area contributed by atoms with Crippen molar-refractivity contribution in [2.75, 3.05) is 31.7 Å². The fraction of sp³-hybridized carbons (Fsp3) is 0.583. The van der Waals surface area contributed by atoms with Crippen LogP contribution in [0.2, 0.25) is 0 Å². The first-order chi connectivity index (χ1) is 15.5. The van der Waals surface area contributed by atoms with Crippen LogP contribution in [0.5, 0.6) is 5.75 Å². The van der Waals surface area contributed by atoms with Crippen molar-refractivity contribution in [2.45, 2.75) is 65.7 Å². The first-order valence-electron chi connectivity index (χ1n) is 11.4. The number of benzene rings is 1. The minimum atomic E-state index is 0. The van der Waals surface area contributed by atoms with Gasteiger partial charge in [0.25, 0.3) is 0 Å². The molecular formula is C24H37IN4O4. The van der Waals surface area contributed by atoms with Gasteiger partial charge in [0.15, 0.2) is 5.96 Å². The minimum absolute atomic E-state index is 0. The molecule has 2 N–H and O–H groups in total. The molecule has 1 saturated heterocycles. The Kier molecular flexibility index (Phi) is 12.0. The van der Waals surface area contributed by atoms with Crippen molar-refractivity contribution in [1.29, 1.82) is 0 Å². The number of halogens is 1. The Morgan fingerprint density at radius 3 is 2.67 bits per heavy atom. The van der Waals surface area contributed by atoms with E-state index in [0.717, 1.165) is 55.3 Å². The van der Waals surface area contributed by atoms with E-state index >= 15 is 0 Å². The second-order valence-corrected chi connectivity index (χ2v) is 8.22. The van der Waals surface area contributed by atoms with Crippen LogP contribution >= 0.6 is 24.0 Å². The van der Waals surface area contributed by atoms with Crippen molar-refractivity contribution in [1.82, 2.24) is 10.3 Å². The number of hydrogen-bond donors (Lipinski definition) is 2. The summed E-state index contributed by atoms with van der Waals surface area (Å²) in [5.74, 6) is 2.92. The van der Waals surface area contributed by atoms with E-state index in [9.17, 15) is 0 Å². The molecule has 8 nitrogen and oxygen atoms in total. The Bertz CT molecular complexity index is 829. The summed E-state index contributed by atoms with van der Waals surface area (Å²) >= 11 is 0. The molecule has 0 aliphatic carbocycles. The lowest BCUT2D eigenvalue weighted by molar-refractivity contribution is 0.0168. The Hall–Kier alpha value is -1.85. The highest BCUT2D eigenvalue weighted by Gasteiger charge is 2.15. The third kappa shape index (κ3) is 9.89. The lowest BCUT2D eigenvalue weighted by Crippen LogP contribution is -2.32. The summed E-state index contributed by atoms with van der Waals surface area (Å²) in [6, 6.07) is 7.83. The highest BCUT2D eigenvalue weighted by Crippen LogP contribution is 2.17. The molecule has 1 aliphatic heterocycles. The smallest absolute Gasteiger partial charge is 0.216 e. The summed E-state index contributed by atoms with van der Waals surface area (Å²) < 4.78 is 22.7. The van der Waals surface area contributed by atoms with Crippen molar-refractivity contribution in [3.05, 3.63) is 41.6 Å². The molecule has 1 atom stereocenters. The number of aliphatic imine (C=N–C) groups is 1. The van der Waals surface area contributed by atoms with E-state index in [-0.39, 0.29) is 36.2 Å². The van der Waals surface area contributed by atoms with Crippen molar-refractivity contribution in [2.24, 2.45) is 4.99 Å². The number of nitrogens with zero attached hydrogens (tertiary/aromatic N) is 2. The maximum atomic E-state index is 5.74. The largest absolute Gasteiger partial charge is 0.491 e. The van der Waals surface area contributed by atoms with Gasteiger partial charge in [-0.15, -0.1) is 24.0 Å². The average molecular weight is 572 g/mol. The Balaban J connectivity index is 0.00000385. The number of ether oxygens (including phenoxy) is 3. The number of anilines is 1. The third-order valence-electron chi connectivity index (χ3n) is 5.02. The second-order valence-electron chi connectivity index (χ2n) is 8.22. The van der Waals surface area contributed by atoms with Gasteiger partial charge in [0.1, 0.15) is 18.1 Å². The van der Waals surface area contributed by atoms with Crippen LogP contribution in [-0.2, 0) is 16.0 Å². The zero-order valence-corrected chi connectivity index (χ0v) is 22.4. The monoisotopic (exact) mass is 572 g/mol. The third-order valence-corrected chi connectivity index (χ3v) is 5.02. The summed E-state index contributed by atoms with van der Waals surface area (Å²) in [5.41, 5.74) is 1.81. The van der Waals surface area contributed by atoms with Crippen LogP contribution in [0.15, 0.2) is 33.7 Å². The summed E-state index contributed by atoms with van der Waals surface area (Å²) in [6.07, 6.45) is 3.50. The highest BCUT2D eigenvalue weighted by atomic mass is 127. The van der Waals surface area contributed by atoms with Crippen LogP contribution in [0.3, 0.4) is 0 Å². The van der Waals surface area contributed by atoms with Crippen molar-refractivity contribution in [3.63, 3.8) is 0 Å². The minimum Gasteiger partial charge on any atom is -0.491 e. The zero-order chi connectivity index (χ0) is 22.8. The number of nitrogens with one attached hydrogen (secondary N) is 2. The number of aromatic nitrogens is 1. The lowest BCUT2D eigenvalue weighted by Gasteiger charge is -2.14. The molecule has 1 aromatic heterocycles. The molecule has 0 radical (unpaired) electrons. The summed E-state index contributed by atoms with van der Waals surface area (Å²) in [7, 11) is 0. The van der Waals surface area contributed by atoms with Crippen LogP contribution in [0.25, 0.3) is 0 Å². The molecule has 184 valence electrons. The number of oxazole rings is 1. The van der Waals surface area contributed by atoms with E-state index in [1.807, 2.05) is 52.0 Å². The fourth-order valence-corrected chi connectivity index (χ4v) is 3.29. The molecule has 3 rings (SSSR count). The zero-order valence-electron chi connectivity index (χ0n) is 20.1.